The number of unbranched alkanes of at least 4 members (excludes halogenated alkanes) is 1. The summed E-state index contributed by atoms with van der Waals surface area (Å²) in [6.07, 6.45) is 13.4. The number of nitrogens with zero attached hydrogens (tertiary/aromatic N) is 1. The molecule has 0 bridgehead atoms. The predicted octanol–water partition coefficient (Wildman–Crippen LogP) is 4.92. The number of hydrogen-bond acceptors (Lipinski definition) is 4. The summed E-state index contributed by atoms with van der Waals surface area (Å²) in [5.41, 5.74) is 0.888. The van der Waals surface area contributed by atoms with Crippen molar-refractivity contribution < 1.29 is 10.2 Å². The highest BCUT2D eigenvalue weighted by Gasteiger charge is 2.43. The van der Waals surface area contributed by atoms with E-state index in [2.05, 4.69) is 63.1 Å². The lowest BCUT2D eigenvalue weighted by molar-refractivity contribution is 0.0513. The molecule has 0 radical (unpaired) electrons. The van der Waals surface area contributed by atoms with Gasteiger partial charge in [-0.1, -0.05) is 43.6 Å². The van der Waals surface area contributed by atoms with Crippen molar-refractivity contribution in [3.05, 3.63) is 23.8 Å². The van der Waals surface area contributed by atoms with Gasteiger partial charge in [0.1, 0.15) is 0 Å². The third-order valence-corrected chi connectivity index (χ3v) is 7.38. The van der Waals surface area contributed by atoms with Gasteiger partial charge in [0.15, 0.2) is 0 Å². The monoisotopic (exact) mass is 434 g/mol. The van der Waals surface area contributed by atoms with E-state index in [0.717, 1.165) is 51.7 Å². The Bertz CT molecular complexity index is 574. The van der Waals surface area contributed by atoms with Gasteiger partial charge >= 0.3 is 0 Å². The summed E-state index contributed by atoms with van der Waals surface area (Å²) in [4.78, 5) is 2.55. The molecule has 3 N–H and O–H groups in total. The zero-order valence-electron chi connectivity index (χ0n) is 21.1. The smallest absolute Gasteiger partial charge is 0.0654 e. The number of fused-ring (bicyclic) bond motifs is 1. The summed E-state index contributed by atoms with van der Waals surface area (Å²) >= 11 is 0. The number of hydrogen-bond donors (Lipinski definition) is 3. The molecule has 180 valence electrons. The Morgan fingerprint density at radius 2 is 1.94 bits per heavy atom. The molecule has 0 aromatic carbocycles. The van der Waals surface area contributed by atoms with Crippen LogP contribution in [0.2, 0.25) is 0 Å². The number of aliphatic hydroxyl groups excluding tert-OH is 1. The third kappa shape index (κ3) is 8.31. The van der Waals surface area contributed by atoms with Crippen molar-refractivity contribution in [1.29, 1.82) is 0 Å². The Hall–Kier alpha value is -0.680. The fraction of sp³-hybridized carbons (Fsp3) is 0.852. The van der Waals surface area contributed by atoms with Crippen molar-refractivity contribution in [3.8, 4) is 0 Å². The van der Waals surface area contributed by atoms with E-state index < -0.39 is 5.60 Å². The van der Waals surface area contributed by atoms with E-state index in [4.69, 9.17) is 0 Å². The first-order valence-corrected chi connectivity index (χ1v) is 12.9. The van der Waals surface area contributed by atoms with Crippen LogP contribution in [-0.4, -0.2) is 58.5 Å². The molecule has 4 heteroatoms. The fourth-order valence-corrected chi connectivity index (χ4v) is 5.62. The molecule has 0 aromatic heterocycles. The first kappa shape index (κ1) is 26.6. The fourth-order valence-electron chi connectivity index (χ4n) is 5.62. The van der Waals surface area contributed by atoms with E-state index in [1.54, 1.807) is 0 Å². The zero-order chi connectivity index (χ0) is 23.0. The van der Waals surface area contributed by atoms with E-state index in [1.807, 2.05) is 6.92 Å². The molecule has 0 unspecified atom stereocenters. The van der Waals surface area contributed by atoms with Crippen LogP contribution >= 0.6 is 0 Å². The van der Waals surface area contributed by atoms with Gasteiger partial charge in [0, 0.05) is 24.5 Å². The van der Waals surface area contributed by atoms with Crippen molar-refractivity contribution in [2.45, 2.75) is 110 Å². The minimum Gasteiger partial charge on any atom is -0.392 e. The number of allylic oxidation sites excluding steroid dienone is 1. The molecule has 2 aliphatic carbocycles. The average Bonchev–Trinajstić information content (AvgIpc) is 3.19. The van der Waals surface area contributed by atoms with E-state index >= 15 is 0 Å². The molecule has 0 saturated heterocycles. The molecule has 0 amide bonds. The lowest BCUT2D eigenvalue weighted by Gasteiger charge is -2.30. The summed E-state index contributed by atoms with van der Waals surface area (Å²) in [5, 5.41) is 24.7. The van der Waals surface area contributed by atoms with Gasteiger partial charge in [-0.2, -0.15) is 0 Å². The molecular weight excluding hydrogens is 384 g/mol. The highest BCUT2D eigenvalue weighted by molar-refractivity contribution is 5.21. The van der Waals surface area contributed by atoms with Crippen LogP contribution < -0.4 is 5.32 Å². The molecule has 1 saturated carbocycles. The van der Waals surface area contributed by atoms with Crippen LogP contribution in [-0.2, 0) is 0 Å². The van der Waals surface area contributed by atoms with E-state index in [9.17, 15) is 10.2 Å². The molecule has 5 atom stereocenters. The Labute approximate surface area is 192 Å². The molecular formula is C27H50N2O2. The van der Waals surface area contributed by atoms with E-state index in [-0.39, 0.29) is 12.0 Å². The average molecular weight is 435 g/mol. The van der Waals surface area contributed by atoms with Crippen LogP contribution in [0.5, 0.6) is 0 Å². The van der Waals surface area contributed by atoms with Crippen LogP contribution in [0.15, 0.2) is 23.8 Å². The number of nitrogens with one attached hydrogen (secondary N) is 1. The molecule has 0 spiro atoms. The maximum Gasteiger partial charge on any atom is 0.0654 e. The van der Waals surface area contributed by atoms with Crippen LogP contribution in [0.3, 0.4) is 0 Å². The maximum absolute atomic E-state index is 10.6. The van der Waals surface area contributed by atoms with Crippen LogP contribution in [0.1, 0.15) is 86.5 Å². The molecule has 0 heterocycles. The van der Waals surface area contributed by atoms with Crippen molar-refractivity contribution in [2.24, 2.45) is 17.8 Å². The summed E-state index contributed by atoms with van der Waals surface area (Å²) in [7, 11) is 0. The minimum atomic E-state index is -0.626. The number of rotatable bonds is 14. The summed E-state index contributed by atoms with van der Waals surface area (Å²) in [6.45, 7) is 16.4. The molecule has 2 aliphatic rings. The first-order valence-electron chi connectivity index (χ1n) is 12.9. The molecule has 0 aromatic rings. The van der Waals surface area contributed by atoms with Gasteiger partial charge in [-0.3, -0.25) is 4.90 Å². The summed E-state index contributed by atoms with van der Waals surface area (Å²) in [5.74, 6) is 1.27. The Balaban J connectivity index is 1.74. The van der Waals surface area contributed by atoms with E-state index in [0.29, 0.717) is 30.3 Å². The highest BCUT2D eigenvalue weighted by atomic mass is 16.3. The molecule has 1 fully saturated rings. The molecule has 31 heavy (non-hydrogen) atoms. The van der Waals surface area contributed by atoms with Gasteiger partial charge in [-0.05, 0) is 91.6 Å². The Morgan fingerprint density at radius 3 is 2.58 bits per heavy atom. The first-order chi connectivity index (χ1) is 14.6. The Morgan fingerprint density at radius 1 is 1.23 bits per heavy atom. The molecule has 0 aliphatic heterocycles. The quantitative estimate of drug-likeness (QED) is 0.268. The SMILES string of the molecule is CCCC[C@](C)(O)CC=C[C@@H]1[C@H]2CC(CNCCCN(C(C)C)C(C)C)=C[C@H]2C[C@H]1O. The lowest BCUT2D eigenvalue weighted by Crippen LogP contribution is -2.38. The topological polar surface area (TPSA) is 55.7 Å². The zero-order valence-corrected chi connectivity index (χ0v) is 21.1. The van der Waals surface area contributed by atoms with Gasteiger partial charge in [-0.25, -0.2) is 0 Å². The van der Waals surface area contributed by atoms with Crippen molar-refractivity contribution >= 4 is 0 Å². The standard InChI is InChI=1S/C27H50N2O2/c1-7-8-12-27(6,31)13-9-11-24-25-17-22(16-23(25)18-26(24)30)19-28-14-10-15-29(20(2)3)21(4)5/h9,11,16,20-21,23-26,28,30-31H,7-8,10,12-15,17-19H2,1-6H3/t23-,24+,25-,26+,27-/m0/s1. The summed E-state index contributed by atoms with van der Waals surface area (Å²) in [6, 6.07) is 1.20. The van der Waals surface area contributed by atoms with Crippen LogP contribution in [0, 0.1) is 17.8 Å². The van der Waals surface area contributed by atoms with Crippen molar-refractivity contribution in [1.82, 2.24) is 10.2 Å². The van der Waals surface area contributed by atoms with Crippen molar-refractivity contribution in [3.63, 3.8) is 0 Å². The van der Waals surface area contributed by atoms with Gasteiger partial charge in [-0.15, -0.1) is 0 Å². The van der Waals surface area contributed by atoms with Crippen LogP contribution in [0.25, 0.3) is 0 Å². The predicted molar refractivity (Wildman–Crippen MR) is 132 cm³/mol. The lowest BCUT2D eigenvalue weighted by atomic mass is 9.88. The van der Waals surface area contributed by atoms with Gasteiger partial charge in [0.05, 0.1) is 11.7 Å². The summed E-state index contributed by atoms with van der Waals surface area (Å²) < 4.78 is 0. The largest absolute Gasteiger partial charge is 0.392 e. The second-order valence-electron chi connectivity index (χ2n) is 10.9. The number of aliphatic hydroxyl groups is 2. The maximum atomic E-state index is 10.6. The Kier molecular flexibility index (Phi) is 10.7. The molecule has 2 rings (SSSR count). The van der Waals surface area contributed by atoms with Gasteiger partial charge < -0.3 is 15.5 Å². The highest BCUT2D eigenvalue weighted by Crippen LogP contribution is 2.47. The minimum absolute atomic E-state index is 0.228. The van der Waals surface area contributed by atoms with E-state index in [1.165, 1.54) is 12.0 Å². The second-order valence-corrected chi connectivity index (χ2v) is 10.9. The normalized spacial score (nSPS) is 28.2. The molecule has 4 nitrogen and oxygen atoms in total. The van der Waals surface area contributed by atoms with Crippen molar-refractivity contribution in [2.75, 3.05) is 19.6 Å². The third-order valence-electron chi connectivity index (χ3n) is 7.38. The second kappa shape index (κ2) is 12.5. The van der Waals surface area contributed by atoms with Crippen LogP contribution in [0.4, 0.5) is 0 Å². The van der Waals surface area contributed by atoms with Gasteiger partial charge in [0.2, 0.25) is 0 Å². The van der Waals surface area contributed by atoms with Gasteiger partial charge in [0.25, 0.3) is 0 Å².